The maximum atomic E-state index is 3.95. The van der Waals surface area contributed by atoms with Gasteiger partial charge < -0.3 is 9.13 Å². The maximum absolute atomic E-state index is 3.95. The van der Waals surface area contributed by atoms with Crippen LogP contribution in [0.4, 0.5) is 0 Å². The Hall–Kier alpha value is -4.56. The van der Waals surface area contributed by atoms with Gasteiger partial charge in [-0.05, 0) is 60.2 Å². The zero-order chi connectivity index (χ0) is 22.6. The molecule has 2 aromatic heterocycles. The summed E-state index contributed by atoms with van der Waals surface area (Å²) in [7, 11) is 0. The molecule has 34 heavy (non-hydrogen) atoms. The minimum Gasteiger partial charge on any atom is -0.309 e. The smallest absolute Gasteiger partial charge is 0.0541 e. The van der Waals surface area contributed by atoms with E-state index in [1.165, 1.54) is 43.6 Å². The topological polar surface area (TPSA) is 9.86 Å². The van der Waals surface area contributed by atoms with Gasteiger partial charge in [-0.1, -0.05) is 73.3 Å². The number of hydrogen-bond donors (Lipinski definition) is 0. The molecule has 0 atom stereocenters. The van der Waals surface area contributed by atoms with Gasteiger partial charge in [-0.15, -0.1) is 0 Å². The molecule has 0 bridgehead atoms. The summed E-state index contributed by atoms with van der Waals surface area (Å²) in [5.74, 6) is 0. The molecule has 0 spiro atoms. The van der Waals surface area contributed by atoms with Crippen LogP contribution in [0.15, 0.2) is 122 Å². The average Bonchev–Trinajstić information content (AvgIpc) is 3.41. The lowest BCUT2D eigenvalue weighted by Gasteiger charge is -2.11. The van der Waals surface area contributed by atoms with E-state index in [0.29, 0.717) is 0 Å². The molecule has 0 fully saturated rings. The van der Waals surface area contributed by atoms with Gasteiger partial charge in [-0.3, -0.25) is 0 Å². The summed E-state index contributed by atoms with van der Waals surface area (Å²) in [6.45, 7) is 3.95. The van der Waals surface area contributed by atoms with Crippen LogP contribution >= 0.6 is 0 Å². The molecular weight excluding hydrogens is 412 g/mol. The Morgan fingerprint density at radius 1 is 0.441 bits per heavy atom. The molecule has 0 saturated heterocycles. The number of aromatic nitrogens is 2. The molecule has 0 aliphatic rings. The van der Waals surface area contributed by atoms with E-state index in [2.05, 4.69) is 131 Å². The Kier molecular flexibility index (Phi) is 4.03. The van der Waals surface area contributed by atoms with E-state index in [4.69, 9.17) is 0 Å². The molecule has 0 radical (unpaired) electrons. The number of para-hydroxylation sites is 3. The normalized spacial score (nSPS) is 11.6. The van der Waals surface area contributed by atoms with Gasteiger partial charge in [-0.25, -0.2) is 0 Å². The summed E-state index contributed by atoms with van der Waals surface area (Å²) in [6.07, 6.45) is 1.91. The lowest BCUT2D eigenvalue weighted by atomic mass is 10.1. The fourth-order valence-electron chi connectivity index (χ4n) is 5.35. The highest BCUT2D eigenvalue weighted by molar-refractivity contribution is 6.10. The quantitative estimate of drug-likeness (QED) is 0.264. The van der Waals surface area contributed by atoms with Crippen molar-refractivity contribution in [2.24, 2.45) is 0 Å². The second kappa shape index (κ2) is 7.23. The van der Waals surface area contributed by atoms with E-state index in [-0.39, 0.29) is 0 Å². The number of rotatable bonds is 3. The van der Waals surface area contributed by atoms with Crippen molar-refractivity contribution in [3.05, 3.63) is 127 Å². The van der Waals surface area contributed by atoms with Crippen LogP contribution in [-0.4, -0.2) is 9.13 Å². The molecule has 0 saturated carbocycles. The highest BCUT2D eigenvalue weighted by Gasteiger charge is 2.14. The van der Waals surface area contributed by atoms with E-state index < -0.39 is 0 Å². The fourth-order valence-corrected chi connectivity index (χ4v) is 5.35. The first-order valence-electron chi connectivity index (χ1n) is 11.6. The zero-order valence-electron chi connectivity index (χ0n) is 18.6. The minimum atomic E-state index is 1.14. The summed E-state index contributed by atoms with van der Waals surface area (Å²) in [6, 6.07) is 41.4. The zero-order valence-corrected chi connectivity index (χ0v) is 18.6. The first-order chi connectivity index (χ1) is 16.8. The highest BCUT2D eigenvalue weighted by Crippen LogP contribution is 2.35. The summed E-state index contributed by atoms with van der Waals surface area (Å²) >= 11 is 0. The lowest BCUT2D eigenvalue weighted by Crippen LogP contribution is -1.97. The fraction of sp³-hybridized carbons (Fsp3) is 0. The first-order valence-corrected chi connectivity index (χ1v) is 11.6. The van der Waals surface area contributed by atoms with Crippen molar-refractivity contribution in [1.29, 1.82) is 0 Å². The van der Waals surface area contributed by atoms with E-state index in [0.717, 1.165) is 16.9 Å². The van der Waals surface area contributed by atoms with Gasteiger partial charge in [0.1, 0.15) is 0 Å². The van der Waals surface area contributed by atoms with Crippen molar-refractivity contribution in [3.63, 3.8) is 0 Å². The molecule has 5 aromatic carbocycles. The van der Waals surface area contributed by atoms with Crippen molar-refractivity contribution in [1.82, 2.24) is 9.13 Å². The monoisotopic (exact) mass is 434 g/mol. The van der Waals surface area contributed by atoms with E-state index in [1.807, 2.05) is 6.08 Å². The van der Waals surface area contributed by atoms with Gasteiger partial charge in [-0.2, -0.15) is 0 Å². The van der Waals surface area contributed by atoms with Crippen LogP contribution in [0, 0.1) is 0 Å². The van der Waals surface area contributed by atoms with Gasteiger partial charge in [0.05, 0.1) is 22.1 Å². The van der Waals surface area contributed by atoms with Crippen LogP contribution in [0.5, 0.6) is 0 Å². The minimum absolute atomic E-state index is 1.14. The van der Waals surface area contributed by atoms with Gasteiger partial charge in [0.2, 0.25) is 0 Å². The van der Waals surface area contributed by atoms with Gasteiger partial charge in [0.15, 0.2) is 0 Å². The molecule has 0 amide bonds. The largest absolute Gasteiger partial charge is 0.309 e. The van der Waals surface area contributed by atoms with E-state index in [9.17, 15) is 0 Å². The molecule has 0 unspecified atom stereocenters. The van der Waals surface area contributed by atoms with Crippen LogP contribution in [-0.2, 0) is 0 Å². The van der Waals surface area contributed by atoms with Crippen LogP contribution in [0.2, 0.25) is 0 Å². The van der Waals surface area contributed by atoms with Crippen LogP contribution < -0.4 is 0 Å². The summed E-state index contributed by atoms with van der Waals surface area (Å²) in [4.78, 5) is 0. The van der Waals surface area contributed by atoms with Crippen LogP contribution in [0.1, 0.15) is 5.56 Å². The Morgan fingerprint density at radius 2 is 0.853 bits per heavy atom. The summed E-state index contributed by atoms with van der Waals surface area (Å²) in [5, 5.41) is 5.07. The van der Waals surface area contributed by atoms with Crippen molar-refractivity contribution >= 4 is 49.7 Å². The van der Waals surface area contributed by atoms with Crippen molar-refractivity contribution < 1.29 is 0 Å². The highest BCUT2D eigenvalue weighted by atomic mass is 15.0. The third-order valence-corrected chi connectivity index (χ3v) is 6.88. The van der Waals surface area contributed by atoms with E-state index >= 15 is 0 Å². The van der Waals surface area contributed by atoms with Crippen molar-refractivity contribution in [2.75, 3.05) is 0 Å². The molecule has 0 N–H and O–H groups in total. The third kappa shape index (κ3) is 2.63. The molecule has 2 heteroatoms. The Bertz CT molecular complexity index is 1810. The second-order valence-electron chi connectivity index (χ2n) is 8.72. The van der Waals surface area contributed by atoms with Crippen molar-refractivity contribution in [3.8, 4) is 11.4 Å². The number of hydrogen-bond acceptors (Lipinski definition) is 0. The van der Waals surface area contributed by atoms with Crippen LogP contribution in [0.25, 0.3) is 61.1 Å². The summed E-state index contributed by atoms with van der Waals surface area (Å²) in [5.41, 5.74) is 8.32. The number of benzene rings is 5. The molecule has 7 aromatic rings. The van der Waals surface area contributed by atoms with Crippen LogP contribution in [0.3, 0.4) is 0 Å². The molecule has 2 nitrogen and oxygen atoms in total. The molecule has 7 rings (SSSR count). The third-order valence-electron chi connectivity index (χ3n) is 6.88. The van der Waals surface area contributed by atoms with Crippen molar-refractivity contribution in [2.45, 2.75) is 0 Å². The molecule has 2 heterocycles. The lowest BCUT2D eigenvalue weighted by molar-refractivity contribution is 1.14. The van der Waals surface area contributed by atoms with Gasteiger partial charge >= 0.3 is 0 Å². The SMILES string of the molecule is C=Cc1ccc2c(c1)c1ccccc1n2-c1ccc(-n2c3ccccc3c3ccccc32)cc1. The maximum Gasteiger partial charge on any atom is 0.0541 e. The molecule has 160 valence electrons. The Balaban J connectivity index is 1.45. The standard InChI is InChI=1S/C32H22N2/c1-2-22-15-20-32-28(21-22)27-11-5-8-14-31(27)34(32)24-18-16-23(17-19-24)33-29-12-6-3-9-25(29)26-10-4-7-13-30(26)33/h2-21H,1H2. The number of fused-ring (bicyclic) bond motifs is 6. The molecule has 0 aliphatic carbocycles. The number of nitrogens with zero attached hydrogens (tertiary/aromatic N) is 2. The Morgan fingerprint density at radius 3 is 1.32 bits per heavy atom. The van der Waals surface area contributed by atoms with E-state index in [1.54, 1.807) is 0 Å². The predicted octanol–water partition coefficient (Wildman–Crippen LogP) is 8.52. The molecular formula is C32H22N2. The van der Waals surface area contributed by atoms with Gasteiger partial charge in [0.25, 0.3) is 0 Å². The predicted molar refractivity (Wildman–Crippen MR) is 145 cm³/mol. The second-order valence-corrected chi connectivity index (χ2v) is 8.72. The first kappa shape index (κ1) is 19.0. The Labute approximate surface area is 197 Å². The average molecular weight is 435 g/mol. The summed E-state index contributed by atoms with van der Waals surface area (Å²) < 4.78 is 4.71. The van der Waals surface area contributed by atoms with Gasteiger partial charge in [0, 0.05) is 32.9 Å². The molecule has 0 aliphatic heterocycles.